The summed E-state index contributed by atoms with van der Waals surface area (Å²) in [6, 6.07) is 17.4. The normalized spacial score (nSPS) is 12.5. The Kier molecular flexibility index (Phi) is 14.3. The number of anilines is 1. The maximum atomic E-state index is 14.8. The maximum absolute atomic E-state index is 14.8. The number of phenols is 1. The summed E-state index contributed by atoms with van der Waals surface area (Å²) in [4.78, 5) is 44.0. The minimum atomic E-state index is -1.05. The summed E-state index contributed by atoms with van der Waals surface area (Å²) >= 11 is 0. The van der Waals surface area contributed by atoms with E-state index in [1.54, 1.807) is 81.3 Å². The van der Waals surface area contributed by atoms with Crippen molar-refractivity contribution in [3.8, 4) is 11.5 Å². The molecule has 3 aromatic carbocycles. The molecule has 260 valence electrons. The number of nitrogens with one attached hydrogen (secondary N) is 2. The number of methoxy groups -OCH3 is 1. The molecule has 3 N–H and O–H groups in total. The lowest BCUT2D eigenvalue weighted by atomic mass is 9.95. The van der Waals surface area contributed by atoms with Crippen molar-refractivity contribution in [2.75, 3.05) is 19.0 Å². The van der Waals surface area contributed by atoms with Crippen LogP contribution in [0.2, 0.25) is 0 Å². The number of ether oxygens (including phenoxy) is 2. The Morgan fingerprint density at radius 2 is 1.52 bits per heavy atom. The summed E-state index contributed by atoms with van der Waals surface area (Å²) in [6.45, 7) is 11.6. The van der Waals surface area contributed by atoms with Crippen LogP contribution in [0.25, 0.3) is 0 Å². The highest BCUT2D eigenvalue weighted by Gasteiger charge is 2.37. The Balaban J connectivity index is 2.09. The number of nitrogens with zero attached hydrogens (tertiary/aromatic N) is 1. The molecule has 2 unspecified atom stereocenters. The molecule has 0 aliphatic heterocycles. The van der Waals surface area contributed by atoms with Crippen LogP contribution in [0.5, 0.6) is 11.5 Å². The van der Waals surface area contributed by atoms with Crippen LogP contribution in [-0.2, 0) is 20.7 Å². The molecule has 3 aromatic rings. The summed E-state index contributed by atoms with van der Waals surface area (Å²) < 4.78 is 10.9. The largest absolute Gasteiger partial charge is 0.508 e. The van der Waals surface area contributed by atoms with Gasteiger partial charge in [-0.15, -0.1) is 0 Å². The molecule has 0 saturated heterocycles. The fourth-order valence-corrected chi connectivity index (χ4v) is 5.54. The second kappa shape index (κ2) is 18.1. The zero-order valence-corrected chi connectivity index (χ0v) is 29.6. The highest BCUT2D eigenvalue weighted by atomic mass is 16.6. The summed E-state index contributed by atoms with van der Waals surface area (Å²) in [7, 11) is 1.58. The van der Waals surface area contributed by atoms with Gasteiger partial charge >= 0.3 is 6.09 Å². The van der Waals surface area contributed by atoms with Gasteiger partial charge in [0.25, 0.3) is 5.91 Å². The van der Waals surface area contributed by atoms with Gasteiger partial charge in [0.05, 0.1) is 7.11 Å². The Morgan fingerprint density at radius 3 is 2.15 bits per heavy atom. The number of carbonyl (C=O) groups excluding carboxylic acids is 3. The number of unbranched alkanes of at least 4 members (excludes halogenated alkanes) is 5. The highest BCUT2D eigenvalue weighted by molar-refractivity contribution is 5.99. The zero-order chi connectivity index (χ0) is 35.3. The molecule has 2 atom stereocenters. The molecule has 0 bridgehead atoms. The van der Waals surface area contributed by atoms with Crippen LogP contribution in [0.15, 0.2) is 66.7 Å². The van der Waals surface area contributed by atoms with Gasteiger partial charge in [-0.25, -0.2) is 4.79 Å². The number of benzene rings is 3. The molecule has 9 nitrogen and oxygen atoms in total. The third-order valence-electron chi connectivity index (χ3n) is 8.05. The van der Waals surface area contributed by atoms with E-state index < -0.39 is 29.7 Å². The lowest BCUT2D eigenvalue weighted by Gasteiger charge is -2.35. The van der Waals surface area contributed by atoms with Crippen LogP contribution >= 0.6 is 0 Å². The molecular weight excluding hydrogens is 606 g/mol. The zero-order valence-electron chi connectivity index (χ0n) is 29.6. The van der Waals surface area contributed by atoms with Crippen molar-refractivity contribution in [1.29, 1.82) is 0 Å². The summed E-state index contributed by atoms with van der Waals surface area (Å²) in [5, 5.41) is 15.7. The molecule has 3 rings (SSSR count). The predicted molar refractivity (Wildman–Crippen MR) is 190 cm³/mol. The lowest BCUT2D eigenvalue weighted by molar-refractivity contribution is -0.140. The van der Waals surface area contributed by atoms with E-state index in [2.05, 4.69) is 17.6 Å². The average Bonchev–Trinajstić information content (AvgIpc) is 3.03. The van der Waals surface area contributed by atoms with Crippen molar-refractivity contribution in [2.24, 2.45) is 0 Å². The Bertz CT molecular complexity index is 1480. The molecule has 0 heterocycles. The topological polar surface area (TPSA) is 117 Å². The number of hydrogen-bond donors (Lipinski definition) is 3. The van der Waals surface area contributed by atoms with Gasteiger partial charge in [-0.05, 0) is 94.1 Å². The molecule has 0 aliphatic carbocycles. The first kappa shape index (κ1) is 37.9. The summed E-state index contributed by atoms with van der Waals surface area (Å²) in [5.74, 6) is -0.0204. The minimum Gasteiger partial charge on any atom is -0.508 e. The number of carbonyl (C=O) groups is 3. The fraction of sp³-hybridized carbons (Fsp3) is 0.462. The van der Waals surface area contributed by atoms with Gasteiger partial charge in [0.2, 0.25) is 5.91 Å². The second-order valence-electron chi connectivity index (χ2n) is 13.3. The van der Waals surface area contributed by atoms with Crippen molar-refractivity contribution in [1.82, 2.24) is 10.2 Å². The molecule has 9 heteroatoms. The highest BCUT2D eigenvalue weighted by Crippen LogP contribution is 2.29. The van der Waals surface area contributed by atoms with E-state index in [0.29, 0.717) is 30.0 Å². The Hall–Kier alpha value is -4.53. The van der Waals surface area contributed by atoms with Crippen molar-refractivity contribution in [2.45, 2.75) is 104 Å². The van der Waals surface area contributed by atoms with E-state index in [0.717, 1.165) is 48.8 Å². The molecule has 0 aromatic heterocycles. The van der Waals surface area contributed by atoms with Crippen molar-refractivity contribution < 1.29 is 29.0 Å². The Labute approximate surface area is 286 Å². The third kappa shape index (κ3) is 11.9. The SMILES string of the molecule is CCCCCCCCN(C(=O)C(Cc1ccc(O)cc1)NC(=O)OC(C)(C)C)C(C(=O)Nc1ccc(OC)cc1)c1cc(C)ccc1C. The van der Waals surface area contributed by atoms with Gasteiger partial charge in [-0.2, -0.15) is 0 Å². The van der Waals surface area contributed by atoms with Gasteiger partial charge in [-0.3, -0.25) is 9.59 Å². The number of aryl methyl sites for hydroxylation is 2. The standard InChI is InChI=1S/C39H53N3O6/c1-8-9-10-11-12-13-24-42(37(45)34(41-38(46)48-39(4,5)6)26-29-16-20-31(43)21-17-29)35(33-25-27(2)14-15-28(33)3)36(44)40-30-18-22-32(47-7)23-19-30/h14-23,25,34-35,43H,8-13,24,26H2,1-7H3,(H,40,44)(H,41,46). The number of alkyl carbamates (subject to hydrolysis) is 1. The van der Waals surface area contributed by atoms with Gasteiger partial charge in [0.1, 0.15) is 29.2 Å². The molecule has 0 saturated carbocycles. The van der Waals surface area contributed by atoms with Crippen LogP contribution in [0.4, 0.5) is 10.5 Å². The van der Waals surface area contributed by atoms with Gasteiger partial charge in [0.15, 0.2) is 0 Å². The quantitative estimate of drug-likeness (QED) is 0.134. The van der Waals surface area contributed by atoms with Crippen LogP contribution in [0.1, 0.15) is 94.5 Å². The first-order valence-corrected chi connectivity index (χ1v) is 16.9. The molecule has 48 heavy (non-hydrogen) atoms. The van der Waals surface area contributed by atoms with Crippen LogP contribution in [-0.4, -0.2) is 53.2 Å². The maximum Gasteiger partial charge on any atom is 0.408 e. The number of phenolic OH excluding ortho intramolecular Hbond substituents is 1. The predicted octanol–water partition coefficient (Wildman–Crippen LogP) is 8.02. The van der Waals surface area contributed by atoms with E-state index in [4.69, 9.17) is 9.47 Å². The van der Waals surface area contributed by atoms with Gasteiger partial charge in [0, 0.05) is 18.7 Å². The number of aromatic hydroxyl groups is 1. The summed E-state index contributed by atoms with van der Waals surface area (Å²) in [5.41, 5.74) is 3.04. The Morgan fingerprint density at radius 1 is 0.875 bits per heavy atom. The smallest absolute Gasteiger partial charge is 0.408 e. The van der Waals surface area contributed by atoms with Crippen molar-refractivity contribution in [3.05, 3.63) is 89.0 Å². The molecule has 0 spiro atoms. The number of rotatable bonds is 16. The average molecular weight is 660 g/mol. The molecule has 0 radical (unpaired) electrons. The molecule has 0 fully saturated rings. The monoisotopic (exact) mass is 659 g/mol. The van der Waals surface area contributed by atoms with E-state index >= 15 is 0 Å². The molecule has 3 amide bonds. The van der Waals surface area contributed by atoms with Gasteiger partial charge < -0.3 is 30.1 Å². The van der Waals surface area contributed by atoms with E-state index in [1.165, 1.54) is 0 Å². The van der Waals surface area contributed by atoms with Gasteiger partial charge in [-0.1, -0.05) is 74.9 Å². The number of amides is 3. The lowest BCUT2D eigenvalue weighted by Crippen LogP contribution is -2.53. The van der Waals surface area contributed by atoms with Crippen molar-refractivity contribution >= 4 is 23.6 Å². The molecule has 0 aliphatic rings. The van der Waals surface area contributed by atoms with E-state index in [1.807, 2.05) is 32.0 Å². The van der Waals surface area contributed by atoms with E-state index in [9.17, 15) is 19.5 Å². The first-order valence-electron chi connectivity index (χ1n) is 16.9. The first-order chi connectivity index (χ1) is 22.8. The number of hydrogen-bond acceptors (Lipinski definition) is 6. The van der Waals surface area contributed by atoms with Crippen LogP contribution in [0, 0.1) is 13.8 Å². The molecular formula is C39H53N3O6. The van der Waals surface area contributed by atoms with Crippen LogP contribution in [0.3, 0.4) is 0 Å². The van der Waals surface area contributed by atoms with Crippen LogP contribution < -0.4 is 15.4 Å². The second-order valence-corrected chi connectivity index (χ2v) is 13.3. The fourth-order valence-electron chi connectivity index (χ4n) is 5.54. The summed E-state index contributed by atoms with van der Waals surface area (Å²) in [6.07, 6.45) is 5.38. The van der Waals surface area contributed by atoms with Crippen molar-refractivity contribution in [3.63, 3.8) is 0 Å². The third-order valence-corrected chi connectivity index (χ3v) is 8.05. The van der Waals surface area contributed by atoms with E-state index in [-0.39, 0.29) is 18.1 Å². The minimum absolute atomic E-state index is 0.0941.